The fourth-order valence-corrected chi connectivity index (χ4v) is 2.74. The number of methoxy groups -OCH3 is 2. The Morgan fingerprint density at radius 1 is 1.33 bits per heavy atom. The lowest BCUT2D eigenvalue weighted by molar-refractivity contribution is -0.127. The summed E-state index contributed by atoms with van der Waals surface area (Å²) in [4.78, 5) is 25.4. The van der Waals surface area contributed by atoms with Crippen LogP contribution in [-0.2, 0) is 9.59 Å². The third kappa shape index (κ3) is 5.64. The molecule has 0 saturated carbocycles. The highest BCUT2D eigenvalue weighted by Crippen LogP contribution is 2.29. The second-order valence-corrected chi connectivity index (χ2v) is 5.98. The van der Waals surface area contributed by atoms with Crippen LogP contribution < -0.4 is 20.1 Å². The van der Waals surface area contributed by atoms with Crippen LogP contribution in [0.3, 0.4) is 0 Å². The van der Waals surface area contributed by atoms with Gasteiger partial charge in [-0.2, -0.15) is 5.26 Å². The second-order valence-electron chi connectivity index (χ2n) is 5.98. The molecule has 1 heterocycles. The minimum Gasteiger partial charge on any atom is -0.493 e. The number of carbonyl (C=O) groups is 2. The van der Waals surface area contributed by atoms with Crippen molar-refractivity contribution in [2.45, 2.75) is 19.3 Å². The number of nitriles is 1. The molecule has 0 unspecified atom stereocenters. The van der Waals surface area contributed by atoms with E-state index in [1.54, 1.807) is 30.2 Å². The Balaban J connectivity index is 1.84. The van der Waals surface area contributed by atoms with E-state index in [1.807, 2.05) is 6.07 Å². The van der Waals surface area contributed by atoms with Gasteiger partial charge in [-0.05, 0) is 25.0 Å². The zero-order valence-electron chi connectivity index (χ0n) is 15.6. The molecule has 0 bridgehead atoms. The van der Waals surface area contributed by atoms with Crippen LogP contribution in [0, 0.1) is 11.3 Å². The van der Waals surface area contributed by atoms with Crippen LogP contribution in [0.4, 0.5) is 5.69 Å². The van der Waals surface area contributed by atoms with Crippen molar-refractivity contribution < 1.29 is 19.1 Å². The first-order valence-electron chi connectivity index (χ1n) is 8.74. The van der Waals surface area contributed by atoms with E-state index in [0.717, 1.165) is 13.0 Å². The van der Waals surface area contributed by atoms with Crippen LogP contribution in [0.5, 0.6) is 11.5 Å². The summed E-state index contributed by atoms with van der Waals surface area (Å²) in [6.07, 6.45) is 3.50. The van der Waals surface area contributed by atoms with Gasteiger partial charge in [-0.25, -0.2) is 0 Å². The number of likely N-dealkylation sites (tertiary alicyclic amines) is 1. The number of ether oxygens (including phenoxy) is 2. The number of hydrogen-bond donors (Lipinski definition) is 2. The smallest absolute Gasteiger partial charge is 0.263 e. The molecule has 1 saturated heterocycles. The summed E-state index contributed by atoms with van der Waals surface area (Å²) in [7, 11) is 3.07. The first-order valence-corrected chi connectivity index (χ1v) is 8.74. The molecule has 1 fully saturated rings. The fourth-order valence-electron chi connectivity index (χ4n) is 2.74. The summed E-state index contributed by atoms with van der Waals surface area (Å²) < 4.78 is 10.4. The Hall–Kier alpha value is -3.21. The number of benzene rings is 1. The van der Waals surface area contributed by atoms with Gasteiger partial charge in [0.1, 0.15) is 11.6 Å². The van der Waals surface area contributed by atoms with Crippen LogP contribution in [0.25, 0.3) is 0 Å². The highest BCUT2D eigenvalue weighted by Gasteiger charge is 2.19. The topological polar surface area (TPSA) is 104 Å². The number of rotatable bonds is 9. The maximum Gasteiger partial charge on any atom is 0.263 e. The van der Waals surface area contributed by atoms with Gasteiger partial charge in [-0.15, -0.1) is 0 Å². The van der Waals surface area contributed by atoms with Crippen LogP contribution in [-0.4, -0.2) is 50.6 Å². The van der Waals surface area contributed by atoms with Crippen molar-refractivity contribution in [3.8, 4) is 17.6 Å². The number of nitrogens with one attached hydrogen (secondary N) is 2. The third-order valence-corrected chi connectivity index (χ3v) is 4.19. The van der Waals surface area contributed by atoms with Crippen LogP contribution in [0.2, 0.25) is 0 Å². The van der Waals surface area contributed by atoms with Crippen molar-refractivity contribution in [1.82, 2.24) is 10.2 Å². The zero-order chi connectivity index (χ0) is 19.6. The van der Waals surface area contributed by atoms with E-state index in [1.165, 1.54) is 13.3 Å². The second kappa shape index (κ2) is 10.1. The average molecular weight is 372 g/mol. The molecule has 1 aliphatic rings. The molecule has 144 valence electrons. The van der Waals surface area contributed by atoms with Crippen LogP contribution >= 0.6 is 0 Å². The largest absolute Gasteiger partial charge is 0.493 e. The summed E-state index contributed by atoms with van der Waals surface area (Å²) in [5, 5.41) is 14.8. The molecule has 0 spiro atoms. The zero-order valence-corrected chi connectivity index (χ0v) is 15.6. The number of hydrogen-bond acceptors (Lipinski definition) is 6. The molecule has 0 radical (unpaired) electrons. The highest BCUT2D eigenvalue weighted by molar-refractivity contribution is 5.97. The average Bonchev–Trinajstić information content (AvgIpc) is 3.10. The lowest BCUT2D eigenvalue weighted by Gasteiger charge is -2.15. The van der Waals surface area contributed by atoms with Crippen molar-refractivity contribution >= 4 is 17.5 Å². The van der Waals surface area contributed by atoms with Gasteiger partial charge in [-0.3, -0.25) is 9.59 Å². The van der Waals surface area contributed by atoms with E-state index in [2.05, 4.69) is 10.6 Å². The minimum atomic E-state index is -0.460. The molecule has 2 N–H and O–H groups in total. The van der Waals surface area contributed by atoms with E-state index in [0.29, 0.717) is 43.1 Å². The Morgan fingerprint density at radius 3 is 2.74 bits per heavy atom. The summed E-state index contributed by atoms with van der Waals surface area (Å²) in [5.41, 5.74) is 0.614. The van der Waals surface area contributed by atoms with Crippen molar-refractivity contribution in [1.29, 1.82) is 5.26 Å². The normalized spacial score (nSPS) is 13.9. The van der Waals surface area contributed by atoms with Crippen molar-refractivity contribution in [3.63, 3.8) is 0 Å². The highest BCUT2D eigenvalue weighted by atomic mass is 16.5. The summed E-state index contributed by atoms with van der Waals surface area (Å²) in [6, 6.07) is 7.05. The molecule has 27 heavy (non-hydrogen) atoms. The predicted molar refractivity (Wildman–Crippen MR) is 100 cm³/mol. The standard InChI is InChI=1S/C19H24N4O4/c1-26-16-7-6-15(11-17(16)27-2)22-13-14(12-20)19(25)21-8-4-10-23-9-3-5-18(23)24/h6-7,11,13,22H,3-5,8-10H2,1-2H3,(H,21,25)/b14-13-. The molecule has 8 nitrogen and oxygen atoms in total. The number of nitrogens with zero attached hydrogens (tertiary/aromatic N) is 2. The Labute approximate surface area is 158 Å². The van der Waals surface area contributed by atoms with Gasteiger partial charge in [0.25, 0.3) is 5.91 Å². The lowest BCUT2D eigenvalue weighted by Crippen LogP contribution is -2.31. The maximum atomic E-state index is 12.1. The Kier molecular flexibility index (Phi) is 7.49. The molecule has 8 heteroatoms. The van der Waals surface area contributed by atoms with Gasteiger partial charge in [-0.1, -0.05) is 0 Å². The molecule has 2 rings (SSSR count). The lowest BCUT2D eigenvalue weighted by atomic mass is 10.2. The molecule has 0 atom stereocenters. The molecule has 1 aromatic rings. The SMILES string of the molecule is COc1ccc(N/C=C(/C#N)C(=O)NCCCN2CCCC2=O)cc1OC. The van der Waals surface area contributed by atoms with E-state index in [4.69, 9.17) is 9.47 Å². The third-order valence-electron chi connectivity index (χ3n) is 4.19. The fraction of sp³-hybridized carbons (Fsp3) is 0.421. The molecular formula is C19H24N4O4. The van der Waals surface area contributed by atoms with E-state index < -0.39 is 5.91 Å². The molecule has 0 aromatic heterocycles. The Bertz CT molecular complexity index is 755. The number of anilines is 1. The van der Waals surface area contributed by atoms with Gasteiger partial charge in [0, 0.05) is 44.0 Å². The van der Waals surface area contributed by atoms with Crippen LogP contribution in [0.1, 0.15) is 19.3 Å². The van der Waals surface area contributed by atoms with Crippen LogP contribution in [0.15, 0.2) is 30.0 Å². The predicted octanol–water partition coefficient (Wildman–Crippen LogP) is 1.65. The van der Waals surface area contributed by atoms with Crippen molar-refractivity contribution in [2.75, 3.05) is 39.2 Å². The van der Waals surface area contributed by atoms with Gasteiger partial charge >= 0.3 is 0 Å². The van der Waals surface area contributed by atoms with E-state index in [-0.39, 0.29) is 11.5 Å². The summed E-state index contributed by atoms with van der Waals surface area (Å²) in [6.45, 7) is 1.80. The quantitative estimate of drug-likeness (QED) is 0.388. The number of carbonyl (C=O) groups excluding carboxylic acids is 2. The van der Waals surface area contributed by atoms with E-state index in [9.17, 15) is 14.9 Å². The van der Waals surface area contributed by atoms with E-state index >= 15 is 0 Å². The molecule has 2 amide bonds. The Morgan fingerprint density at radius 2 is 2.11 bits per heavy atom. The van der Waals surface area contributed by atoms with Gasteiger partial charge in [0.05, 0.1) is 14.2 Å². The molecule has 1 aromatic carbocycles. The number of amides is 2. The van der Waals surface area contributed by atoms with Crippen molar-refractivity contribution in [3.05, 3.63) is 30.0 Å². The maximum absolute atomic E-state index is 12.1. The first kappa shape index (κ1) is 20.1. The minimum absolute atomic E-state index is 0.0398. The summed E-state index contributed by atoms with van der Waals surface area (Å²) >= 11 is 0. The van der Waals surface area contributed by atoms with Gasteiger partial charge in [0.2, 0.25) is 5.91 Å². The molecule has 1 aliphatic heterocycles. The monoisotopic (exact) mass is 372 g/mol. The van der Waals surface area contributed by atoms with Gasteiger partial charge < -0.3 is 25.0 Å². The van der Waals surface area contributed by atoms with Crippen molar-refractivity contribution in [2.24, 2.45) is 0 Å². The van der Waals surface area contributed by atoms with Gasteiger partial charge in [0.15, 0.2) is 11.5 Å². The summed E-state index contributed by atoms with van der Waals surface area (Å²) in [5.74, 6) is 0.827. The molecular weight excluding hydrogens is 348 g/mol. The first-order chi connectivity index (χ1) is 13.1. The molecule has 0 aliphatic carbocycles.